The maximum atomic E-state index is 12.7. The van der Waals surface area contributed by atoms with Crippen LogP contribution in [0, 0.1) is 0 Å². The number of imide groups is 1. The van der Waals surface area contributed by atoms with Gasteiger partial charge in [0.25, 0.3) is 17.7 Å². The number of esters is 1. The molecule has 2 aliphatic rings. The van der Waals surface area contributed by atoms with Gasteiger partial charge in [0.15, 0.2) is 6.61 Å². The number of carbonyl (C=O) groups excluding carboxylic acids is 4. The van der Waals surface area contributed by atoms with Crippen molar-refractivity contribution in [3.05, 3.63) is 65.7 Å². The van der Waals surface area contributed by atoms with Crippen LogP contribution in [0.25, 0.3) is 0 Å². The topological polar surface area (TPSA) is 121 Å². The number of nitrogens with zero attached hydrogens (tertiary/aromatic N) is 3. The molecule has 35 heavy (non-hydrogen) atoms. The average molecular weight is 500 g/mol. The molecule has 4 rings (SSSR count). The number of hydrogen-bond acceptors (Lipinski definition) is 7. The van der Waals surface area contributed by atoms with Gasteiger partial charge in [-0.05, 0) is 30.7 Å². The van der Waals surface area contributed by atoms with E-state index in [0.29, 0.717) is 11.1 Å². The fourth-order valence-corrected chi connectivity index (χ4v) is 5.49. The molecule has 0 N–H and O–H groups in total. The molecule has 3 amide bonds. The lowest BCUT2D eigenvalue weighted by Gasteiger charge is -2.33. The summed E-state index contributed by atoms with van der Waals surface area (Å²) in [6.45, 7) is 0.323. The molecule has 0 saturated carbocycles. The van der Waals surface area contributed by atoms with Crippen molar-refractivity contribution in [3.63, 3.8) is 0 Å². The van der Waals surface area contributed by atoms with Gasteiger partial charge >= 0.3 is 5.97 Å². The largest absolute Gasteiger partial charge is 0.456 e. The summed E-state index contributed by atoms with van der Waals surface area (Å²) in [5.41, 5.74) is 0.699. The molecule has 1 fully saturated rings. The average Bonchev–Trinajstić information content (AvgIpc) is 3.13. The lowest BCUT2D eigenvalue weighted by atomic mass is 10.1. The van der Waals surface area contributed by atoms with Gasteiger partial charge < -0.3 is 9.64 Å². The number of ether oxygens (including phenoxy) is 1. The summed E-state index contributed by atoms with van der Waals surface area (Å²) in [6, 6.07) is 14.6. The van der Waals surface area contributed by atoms with Gasteiger partial charge in [-0.25, -0.2) is 8.42 Å². The molecule has 2 aromatic rings. The predicted octanol–water partition coefficient (Wildman–Crippen LogP) is 1.14. The van der Waals surface area contributed by atoms with Crippen molar-refractivity contribution in [2.24, 2.45) is 0 Å². The monoisotopic (exact) mass is 499 g/mol. The zero-order chi connectivity index (χ0) is 25.0. The van der Waals surface area contributed by atoms with Crippen LogP contribution in [0.5, 0.6) is 0 Å². The van der Waals surface area contributed by atoms with Gasteiger partial charge in [-0.3, -0.25) is 24.1 Å². The van der Waals surface area contributed by atoms with Crippen LogP contribution < -0.4 is 0 Å². The van der Waals surface area contributed by atoms with Gasteiger partial charge in [0.2, 0.25) is 10.0 Å². The van der Waals surface area contributed by atoms with Crippen molar-refractivity contribution >= 4 is 33.7 Å². The number of amides is 3. The van der Waals surface area contributed by atoms with E-state index < -0.39 is 28.5 Å². The summed E-state index contributed by atoms with van der Waals surface area (Å²) in [5.74, 6) is -1.79. The molecule has 0 bridgehead atoms. The van der Waals surface area contributed by atoms with Gasteiger partial charge in [0, 0.05) is 39.1 Å². The smallest absolute Gasteiger partial charge is 0.306 e. The van der Waals surface area contributed by atoms with Gasteiger partial charge in [0.05, 0.1) is 16.0 Å². The first-order valence-corrected chi connectivity index (χ1v) is 12.7. The van der Waals surface area contributed by atoms with E-state index in [9.17, 15) is 27.6 Å². The summed E-state index contributed by atoms with van der Waals surface area (Å²) in [4.78, 5) is 51.9. The molecule has 0 unspecified atom stereocenters. The fraction of sp³-hybridized carbons (Fsp3) is 0.333. The van der Waals surface area contributed by atoms with E-state index in [1.165, 1.54) is 21.3 Å². The van der Waals surface area contributed by atoms with E-state index in [1.54, 1.807) is 42.5 Å². The van der Waals surface area contributed by atoms with Crippen molar-refractivity contribution in [2.45, 2.75) is 17.7 Å². The van der Waals surface area contributed by atoms with E-state index in [1.807, 2.05) is 0 Å². The van der Waals surface area contributed by atoms with E-state index in [2.05, 4.69) is 0 Å². The van der Waals surface area contributed by atoms with Gasteiger partial charge in [-0.2, -0.15) is 4.31 Å². The Labute approximate surface area is 203 Å². The molecule has 1 saturated heterocycles. The van der Waals surface area contributed by atoms with Gasteiger partial charge in [0.1, 0.15) is 0 Å². The van der Waals surface area contributed by atoms with E-state index in [4.69, 9.17) is 4.74 Å². The molecule has 0 aromatic heterocycles. The molecular weight excluding hydrogens is 474 g/mol. The van der Waals surface area contributed by atoms with E-state index in [0.717, 1.165) is 4.90 Å². The van der Waals surface area contributed by atoms with Crippen molar-refractivity contribution in [1.82, 2.24) is 14.1 Å². The second kappa shape index (κ2) is 10.4. The predicted molar refractivity (Wildman–Crippen MR) is 124 cm³/mol. The summed E-state index contributed by atoms with van der Waals surface area (Å²) in [5, 5.41) is 0. The quantitative estimate of drug-likeness (QED) is 0.394. The Hall–Kier alpha value is -3.57. The minimum atomic E-state index is -3.62. The Balaban J connectivity index is 1.18. The second-order valence-corrected chi connectivity index (χ2v) is 10.1. The van der Waals surface area contributed by atoms with Crippen molar-refractivity contribution in [2.75, 3.05) is 39.3 Å². The Morgan fingerprint density at radius 1 is 0.829 bits per heavy atom. The first-order valence-electron chi connectivity index (χ1n) is 11.2. The van der Waals surface area contributed by atoms with Crippen LogP contribution in [0.2, 0.25) is 0 Å². The highest BCUT2D eigenvalue weighted by Crippen LogP contribution is 2.22. The molecule has 0 radical (unpaired) electrons. The van der Waals surface area contributed by atoms with Crippen LogP contribution in [0.4, 0.5) is 0 Å². The normalized spacial score (nSPS) is 16.3. The zero-order valence-electron chi connectivity index (χ0n) is 19.0. The fourth-order valence-electron chi connectivity index (χ4n) is 4.05. The minimum absolute atomic E-state index is 0.0518. The number of hydrogen-bond donors (Lipinski definition) is 0. The molecule has 2 aliphatic heterocycles. The number of sulfonamides is 1. The molecule has 10 nitrogen and oxygen atoms in total. The van der Waals surface area contributed by atoms with Crippen molar-refractivity contribution in [1.29, 1.82) is 0 Å². The third-order valence-corrected chi connectivity index (χ3v) is 7.88. The van der Waals surface area contributed by atoms with Crippen molar-refractivity contribution in [3.8, 4) is 0 Å². The standard InChI is InChI=1S/C24H25N3O7S/c28-21(25-13-15-26(16-14-25)35(32,33)18-7-2-1-3-8-18)17-34-22(29)11-6-12-27-23(30)19-9-4-5-10-20(19)24(27)31/h1-5,7-10H,6,11-17H2. The Kier molecular flexibility index (Phi) is 7.27. The highest BCUT2D eigenvalue weighted by molar-refractivity contribution is 7.89. The highest BCUT2D eigenvalue weighted by atomic mass is 32.2. The molecule has 0 spiro atoms. The van der Waals surface area contributed by atoms with Gasteiger partial charge in [-0.15, -0.1) is 0 Å². The Morgan fingerprint density at radius 2 is 1.40 bits per heavy atom. The minimum Gasteiger partial charge on any atom is -0.456 e. The Morgan fingerprint density at radius 3 is 2.00 bits per heavy atom. The molecule has 2 heterocycles. The van der Waals surface area contributed by atoms with E-state index >= 15 is 0 Å². The lowest BCUT2D eigenvalue weighted by Crippen LogP contribution is -2.51. The van der Waals surface area contributed by atoms with E-state index in [-0.39, 0.29) is 62.3 Å². The Bertz CT molecular complexity index is 1200. The maximum Gasteiger partial charge on any atom is 0.306 e. The lowest BCUT2D eigenvalue weighted by molar-refractivity contribution is -0.152. The van der Waals surface area contributed by atoms with Gasteiger partial charge in [-0.1, -0.05) is 30.3 Å². The molecule has 11 heteroatoms. The summed E-state index contributed by atoms with van der Waals surface area (Å²) >= 11 is 0. The van der Waals surface area contributed by atoms with Crippen LogP contribution in [-0.2, 0) is 24.3 Å². The number of carbonyl (C=O) groups is 4. The summed E-state index contributed by atoms with van der Waals surface area (Å²) < 4.78 is 31.8. The number of fused-ring (bicyclic) bond motifs is 1. The molecule has 0 atom stereocenters. The molecule has 0 aliphatic carbocycles. The van der Waals surface area contributed by atoms with Crippen LogP contribution in [0.15, 0.2) is 59.5 Å². The SMILES string of the molecule is O=C(CCCN1C(=O)c2ccccc2C1=O)OCC(=O)N1CCN(S(=O)(=O)c2ccccc2)CC1. The number of rotatable bonds is 8. The number of piperazine rings is 1. The van der Waals surface area contributed by atoms with Crippen LogP contribution in [0.1, 0.15) is 33.6 Å². The first-order chi connectivity index (χ1) is 16.8. The third kappa shape index (κ3) is 5.25. The van der Waals surface area contributed by atoms with Crippen LogP contribution >= 0.6 is 0 Å². The molecule has 2 aromatic carbocycles. The zero-order valence-corrected chi connectivity index (χ0v) is 19.8. The first kappa shape index (κ1) is 24.6. The van der Waals surface area contributed by atoms with Crippen LogP contribution in [-0.4, -0.2) is 85.5 Å². The third-order valence-electron chi connectivity index (χ3n) is 5.97. The van der Waals surface area contributed by atoms with Crippen molar-refractivity contribution < 1.29 is 32.3 Å². The molecule has 184 valence electrons. The molecular formula is C24H25N3O7S. The number of benzene rings is 2. The van der Waals surface area contributed by atoms with Crippen LogP contribution in [0.3, 0.4) is 0 Å². The maximum absolute atomic E-state index is 12.7. The second-order valence-electron chi connectivity index (χ2n) is 8.17. The summed E-state index contributed by atoms with van der Waals surface area (Å²) in [6.07, 6.45) is 0.165. The highest BCUT2D eigenvalue weighted by Gasteiger charge is 2.35. The summed E-state index contributed by atoms with van der Waals surface area (Å²) in [7, 11) is -3.62.